The van der Waals surface area contributed by atoms with E-state index in [1.807, 2.05) is 6.92 Å². The number of amides is 1. The van der Waals surface area contributed by atoms with Crippen molar-refractivity contribution < 1.29 is 17.4 Å². The maximum Gasteiger partial charge on any atom is 0.296 e. The molecule has 1 aliphatic heterocycles. The summed E-state index contributed by atoms with van der Waals surface area (Å²) in [6.45, 7) is 2.39. The Morgan fingerprint density at radius 3 is 2.56 bits per heavy atom. The van der Waals surface area contributed by atoms with Crippen molar-refractivity contribution in [3.63, 3.8) is 0 Å². The minimum atomic E-state index is -3.72. The summed E-state index contributed by atoms with van der Waals surface area (Å²) >= 11 is 0. The van der Waals surface area contributed by atoms with Gasteiger partial charge >= 0.3 is 0 Å². The van der Waals surface area contributed by atoms with Crippen molar-refractivity contribution in [1.29, 1.82) is 0 Å². The fourth-order valence-corrected chi connectivity index (χ4v) is 2.72. The van der Waals surface area contributed by atoms with E-state index in [1.54, 1.807) is 12.1 Å². The maximum absolute atomic E-state index is 11.9. The van der Waals surface area contributed by atoms with Gasteiger partial charge in [0.25, 0.3) is 10.1 Å². The van der Waals surface area contributed by atoms with Crippen LogP contribution in [0.4, 0.5) is 0 Å². The van der Waals surface area contributed by atoms with E-state index in [0.717, 1.165) is 5.56 Å². The van der Waals surface area contributed by atoms with Crippen molar-refractivity contribution in [2.24, 2.45) is 5.92 Å². The van der Waals surface area contributed by atoms with E-state index < -0.39 is 10.1 Å². The van der Waals surface area contributed by atoms with Crippen LogP contribution in [0, 0.1) is 12.8 Å². The fraction of sp³-hybridized carbons (Fsp3) is 0.417. The number of aryl methyl sites for hydroxylation is 1. The molecule has 5 nitrogen and oxygen atoms in total. The van der Waals surface area contributed by atoms with Crippen LogP contribution in [-0.4, -0.2) is 27.5 Å². The maximum atomic E-state index is 11.9. The molecule has 0 aliphatic carbocycles. The first-order chi connectivity index (χ1) is 8.47. The number of rotatable bonds is 4. The average Bonchev–Trinajstić information content (AvgIpc) is 2.73. The normalized spacial score (nSPS) is 19.8. The predicted octanol–water partition coefficient (Wildman–Crippen LogP) is 0.836. The number of hydrogen-bond donors (Lipinski definition) is 1. The van der Waals surface area contributed by atoms with E-state index in [0.29, 0.717) is 13.0 Å². The van der Waals surface area contributed by atoms with Crippen molar-refractivity contribution >= 4 is 16.0 Å². The summed E-state index contributed by atoms with van der Waals surface area (Å²) in [4.78, 5) is 11.1. The van der Waals surface area contributed by atoms with E-state index in [4.69, 9.17) is 4.18 Å². The molecule has 1 N–H and O–H groups in total. The molecule has 0 saturated carbocycles. The summed E-state index contributed by atoms with van der Waals surface area (Å²) < 4.78 is 28.7. The first-order valence-corrected chi connectivity index (χ1v) is 7.11. The van der Waals surface area contributed by atoms with Gasteiger partial charge in [-0.15, -0.1) is 0 Å². The van der Waals surface area contributed by atoms with Gasteiger partial charge in [-0.1, -0.05) is 17.7 Å². The average molecular weight is 269 g/mol. The van der Waals surface area contributed by atoms with Crippen LogP contribution in [0.5, 0.6) is 0 Å². The van der Waals surface area contributed by atoms with Crippen LogP contribution >= 0.6 is 0 Å². The van der Waals surface area contributed by atoms with Gasteiger partial charge in [0.15, 0.2) is 0 Å². The highest BCUT2D eigenvalue weighted by molar-refractivity contribution is 7.86. The predicted molar refractivity (Wildman–Crippen MR) is 65.4 cm³/mol. The van der Waals surface area contributed by atoms with Crippen LogP contribution in [0.2, 0.25) is 0 Å². The molecule has 2 rings (SSSR count). The smallest absolute Gasteiger partial charge is 0.296 e. The van der Waals surface area contributed by atoms with E-state index in [1.165, 1.54) is 12.1 Å². The molecule has 1 aliphatic rings. The molecule has 1 heterocycles. The Balaban J connectivity index is 1.99. The van der Waals surface area contributed by atoms with E-state index in [2.05, 4.69) is 5.32 Å². The zero-order valence-electron chi connectivity index (χ0n) is 10.0. The van der Waals surface area contributed by atoms with Crippen LogP contribution in [0.25, 0.3) is 0 Å². The van der Waals surface area contributed by atoms with Crippen molar-refractivity contribution in [3.05, 3.63) is 29.8 Å². The minimum Gasteiger partial charge on any atom is -0.356 e. The first kappa shape index (κ1) is 13.0. The standard InChI is InChI=1S/C12H15NO4S/c1-9-2-4-11(5-3-9)18(15,16)17-8-10-6-12(14)13-7-10/h2-5,10H,6-8H2,1H3,(H,13,14). The topological polar surface area (TPSA) is 72.5 Å². The molecule has 1 amide bonds. The fourth-order valence-electron chi connectivity index (χ4n) is 1.74. The van der Waals surface area contributed by atoms with Gasteiger partial charge in [0.2, 0.25) is 5.91 Å². The summed E-state index contributed by atoms with van der Waals surface area (Å²) in [5.74, 6) is -0.131. The van der Waals surface area contributed by atoms with Crippen molar-refractivity contribution in [2.75, 3.05) is 13.2 Å². The Morgan fingerprint density at radius 2 is 2.00 bits per heavy atom. The molecule has 18 heavy (non-hydrogen) atoms. The Bertz CT molecular complexity index is 536. The zero-order valence-corrected chi connectivity index (χ0v) is 10.9. The van der Waals surface area contributed by atoms with Gasteiger partial charge in [-0.05, 0) is 19.1 Å². The number of carbonyl (C=O) groups excluding carboxylic acids is 1. The number of benzene rings is 1. The van der Waals surface area contributed by atoms with Gasteiger partial charge in [-0.2, -0.15) is 8.42 Å². The lowest BCUT2D eigenvalue weighted by Gasteiger charge is -2.09. The third-order valence-corrected chi connectivity index (χ3v) is 4.13. The molecule has 1 fully saturated rings. The lowest BCUT2D eigenvalue weighted by molar-refractivity contribution is -0.119. The third kappa shape index (κ3) is 3.08. The van der Waals surface area contributed by atoms with Crippen molar-refractivity contribution in [2.45, 2.75) is 18.2 Å². The van der Waals surface area contributed by atoms with Gasteiger partial charge in [0.1, 0.15) is 0 Å². The molecule has 1 atom stereocenters. The van der Waals surface area contributed by atoms with Gasteiger partial charge in [0.05, 0.1) is 11.5 Å². The lowest BCUT2D eigenvalue weighted by atomic mass is 10.1. The molecule has 6 heteroatoms. The highest BCUT2D eigenvalue weighted by Crippen LogP contribution is 2.16. The van der Waals surface area contributed by atoms with Gasteiger partial charge in [-0.3, -0.25) is 8.98 Å². The van der Waals surface area contributed by atoms with E-state index in [-0.39, 0.29) is 23.3 Å². The second-order valence-corrected chi connectivity index (χ2v) is 6.04. The summed E-state index contributed by atoms with van der Waals surface area (Å²) in [5.41, 5.74) is 0.986. The van der Waals surface area contributed by atoms with E-state index >= 15 is 0 Å². The van der Waals surface area contributed by atoms with Crippen LogP contribution in [-0.2, 0) is 19.1 Å². The summed E-state index contributed by atoms with van der Waals surface area (Å²) in [7, 11) is -3.72. The third-order valence-electron chi connectivity index (χ3n) is 2.83. The highest BCUT2D eigenvalue weighted by atomic mass is 32.2. The SMILES string of the molecule is Cc1ccc(S(=O)(=O)OCC2CNC(=O)C2)cc1. The summed E-state index contributed by atoms with van der Waals surface area (Å²) in [6, 6.07) is 6.47. The molecule has 1 aromatic rings. The van der Waals surface area contributed by atoms with Gasteiger partial charge in [0, 0.05) is 18.9 Å². The Labute approximate surface area is 106 Å². The molecular formula is C12H15NO4S. The highest BCUT2D eigenvalue weighted by Gasteiger charge is 2.24. The number of hydrogen-bond acceptors (Lipinski definition) is 4. The molecular weight excluding hydrogens is 254 g/mol. The van der Waals surface area contributed by atoms with Gasteiger partial charge in [-0.25, -0.2) is 0 Å². The molecule has 1 aromatic carbocycles. The van der Waals surface area contributed by atoms with Crippen molar-refractivity contribution in [3.8, 4) is 0 Å². The number of nitrogens with one attached hydrogen (secondary N) is 1. The Kier molecular flexibility index (Phi) is 3.68. The Morgan fingerprint density at radius 1 is 1.33 bits per heavy atom. The molecule has 0 radical (unpaired) electrons. The monoisotopic (exact) mass is 269 g/mol. The molecule has 0 bridgehead atoms. The largest absolute Gasteiger partial charge is 0.356 e. The quantitative estimate of drug-likeness (QED) is 0.822. The second kappa shape index (κ2) is 5.07. The van der Waals surface area contributed by atoms with E-state index in [9.17, 15) is 13.2 Å². The van der Waals surface area contributed by atoms with Crippen LogP contribution in [0.15, 0.2) is 29.2 Å². The van der Waals surface area contributed by atoms with Crippen LogP contribution < -0.4 is 5.32 Å². The molecule has 0 aromatic heterocycles. The molecule has 98 valence electrons. The van der Waals surface area contributed by atoms with Crippen LogP contribution in [0.1, 0.15) is 12.0 Å². The van der Waals surface area contributed by atoms with Gasteiger partial charge < -0.3 is 5.32 Å². The second-order valence-electron chi connectivity index (χ2n) is 4.43. The summed E-state index contributed by atoms with van der Waals surface area (Å²) in [5, 5.41) is 2.64. The molecule has 1 saturated heterocycles. The molecule has 0 spiro atoms. The first-order valence-electron chi connectivity index (χ1n) is 5.70. The summed E-state index contributed by atoms with van der Waals surface area (Å²) in [6.07, 6.45) is 0.323. The zero-order chi connectivity index (χ0) is 13.2. The molecule has 1 unspecified atom stereocenters. The minimum absolute atomic E-state index is 0.0367. The number of carbonyl (C=O) groups is 1. The van der Waals surface area contributed by atoms with Crippen LogP contribution in [0.3, 0.4) is 0 Å². The van der Waals surface area contributed by atoms with Crippen molar-refractivity contribution in [1.82, 2.24) is 5.32 Å². The lowest BCUT2D eigenvalue weighted by Crippen LogP contribution is -2.17. The Hall–Kier alpha value is -1.40.